The van der Waals surface area contributed by atoms with E-state index in [-0.39, 0.29) is 12.5 Å². The molecule has 2 aromatic carbocycles. The molecule has 0 fully saturated rings. The Morgan fingerprint density at radius 3 is 2.31 bits per heavy atom. The fourth-order valence-corrected chi connectivity index (χ4v) is 3.58. The van der Waals surface area contributed by atoms with Crippen molar-refractivity contribution in [1.82, 2.24) is 9.62 Å². The van der Waals surface area contributed by atoms with Crippen LogP contribution in [0, 0.1) is 13.8 Å². The van der Waals surface area contributed by atoms with E-state index in [0.717, 1.165) is 25.3 Å². The summed E-state index contributed by atoms with van der Waals surface area (Å²) in [5.41, 5.74) is 3.18. The number of carbonyl (C=O) groups excluding carboxylic acids is 1. The van der Waals surface area contributed by atoms with Gasteiger partial charge in [0.1, 0.15) is 6.54 Å². The van der Waals surface area contributed by atoms with E-state index in [2.05, 4.69) is 5.32 Å². The molecule has 1 N–H and O–H groups in total. The minimum atomic E-state index is -3.80. The monoisotopic (exact) mass is 375 g/mol. The van der Waals surface area contributed by atoms with E-state index in [1.807, 2.05) is 56.3 Å². The number of anilines is 1. The smallest absolute Gasteiger partial charge is 0.304 e. The highest BCUT2D eigenvalue weighted by atomic mass is 32.2. The topological polar surface area (TPSA) is 69.7 Å². The van der Waals surface area contributed by atoms with Crippen molar-refractivity contribution in [2.45, 2.75) is 20.4 Å². The van der Waals surface area contributed by atoms with Crippen LogP contribution in [-0.4, -0.2) is 39.3 Å². The summed E-state index contributed by atoms with van der Waals surface area (Å²) in [7, 11) is -0.896. The first-order valence-corrected chi connectivity index (χ1v) is 9.69. The molecule has 2 aromatic rings. The number of hydrogen-bond acceptors (Lipinski definition) is 3. The van der Waals surface area contributed by atoms with E-state index in [4.69, 9.17) is 0 Å². The van der Waals surface area contributed by atoms with Gasteiger partial charge in [0, 0.05) is 20.6 Å². The molecule has 1 amide bonds. The van der Waals surface area contributed by atoms with Crippen molar-refractivity contribution in [3.8, 4) is 0 Å². The Labute approximate surface area is 155 Å². The molecule has 0 aromatic heterocycles. The summed E-state index contributed by atoms with van der Waals surface area (Å²) in [5.74, 6) is -0.361. The van der Waals surface area contributed by atoms with Gasteiger partial charge in [0.2, 0.25) is 5.91 Å². The van der Waals surface area contributed by atoms with Gasteiger partial charge in [-0.25, -0.2) is 4.31 Å². The number of nitrogens with zero attached hydrogens (tertiary/aromatic N) is 2. The molecule has 0 unspecified atom stereocenters. The lowest BCUT2D eigenvalue weighted by Crippen LogP contribution is -2.46. The van der Waals surface area contributed by atoms with Crippen LogP contribution in [0.4, 0.5) is 5.69 Å². The highest BCUT2D eigenvalue weighted by Gasteiger charge is 2.28. The molecule has 0 saturated heterocycles. The summed E-state index contributed by atoms with van der Waals surface area (Å²) in [4.78, 5) is 12.4. The number of aryl methyl sites for hydroxylation is 2. The lowest BCUT2D eigenvalue weighted by Gasteiger charge is -2.28. The van der Waals surface area contributed by atoms with Crippen molar-refractivity contribution < 1.29 is 13.2 Å². The standard InChI is InChI=1S/C19H25N3O3S/c1-15-10-11-16(2)18(12-15)22(26(24,25)21(3)4)14-19(23)20-13-17-8-6-5-7-9-17/h5-12H,13-14H2,1-4H3,(H,20,23). The molecule has 0 heterocycles. The Hall–Kier alpha value is -2.38. The Morgan fingerprint density at radius 1 is 1.04 bits per heavy atom. The third-order valence-corrected chi connectivity index (χ3v) is 5.80. The van der Waals surface area contributed by atoms with Crippen LogP contribution in [0.15, 0.2) is 48.5 Å². The molecule has 0 aliphatic heterocycles. The van der Waals surface area contributed by atoms with Gasteiger partial charge in [-0.3, -0.25) is 4.79 Å². The lowest BCUT2D eigenvalue weighted by molar-refractivity contribution is -0.119. The van der Waals surface area contributed by atoms with Gasteiger partial charge in [0.05, 0.1) is 5.69 Å². The minimum Gasteiger partial charge on any atom is -0.350 e. The van der Waals surface area contributed by atoms with Crippen LogP contribution in [0.3, 0.4) is 0 Å². The fourth-order valence-electron chi connectivity index (χ4n) is 2.46. The van der Waals surface area contributed by atoms with E-state index in [1.54, 1.807) is 6.07 Å². The van der Waals surface area contributed by atoms with Crippen LogP contribution in [-0.2, 0) is 21.5 Å². The van der Waals surface area contributed by atoms with E-state index in [0.29, 0.717) is 12.2 Å². The molecule has 0 radical (unpaired) electrons. The number of rotatable bonds is 7. The highest BCUT2D eigenvalue weighted by molar-refractivity contribution is 7.90. The third kappa shape index (κ3) is 4.83. The molecule has 0 spiro atoms. The third-order valence-electron chi connectivity index (χ3n) is 3.99. The van der Waals surface area contributed by atoms with Crippen molar-refractivity contribution in [2.24, 2.45) is 0 Å². The van der Waals surface area contributed by atoms with Crippen LogP contribution in [0.25, 0.3) is 0 Å². The zero-order chi connectivity index (χ0) is 19.3. The number of amides is 1. The quantitative estimate of drug-likeness (QED) is 0.807. The summed E-state index contributed by atoms with van der Waals surface area (Å²) >= 11 is 0. The van der Waals surface area contributed by atoms with Gasteiger partial charge in [0.15, 0.2) is 0 Å². The Morgan fingerprint density at radius 2 is 1.69 bits per heavy atom. The zero-order valence-corrected chi connectivity index (χ0v) is 16.4. The summed E-state index contributed by atoms with van der Waals surface area (Å²) in [6, 6.07) is 15.0. The largest absolute Gasteiger partial charge is 0.350 e. The first-order chi connectivity index (χ1) is 12.2. The number of benzene rings is 2. The molecule has 26 heavy (non-hydrogen) atoms. The van der Waals surface area contributed by atoms with Crippen LogP contribution in [0.2, 0.25) is 0 Å². The Balaban J connectivity index is 2.24. The van der Waals surface area contributed by atoms with Crippen molar-refractivity contribution in [3.05, 3.63) is 65.2 Å². The van der Waals surface area contributed by atoms with E-state index >= 15 is 0 Å². The average Bonchev–Trinajstić information content (AvgIpc) is 2.60. The number of carbonyl (C=O) groups is 1. The second-order valence-electron chi connectivity index (χ2n) is 6.35. The van der Waals surface area contributed by atoms with Gasteiger partial charge in [-0.15, -0.1) is 0 Å². The van der Waals surface area contributed by atoms with Gasteiger partial charge in [-0.2, -0.15) is 12.7 Å². The number of nitrogens with one attached hydrogen (secondary N) is 1. The van der Waals surface area contributed by atoms with Crippen molar-refractivity contribution in [1.29, 1.82) is 0 Å². The van der Waals surface area contributed by atoms with Crippen molar-refractivity contribution >= 4 is 21.8 Å². The highest BCUT2D eigenvalue weighted by Crippen LogP contribution is 2.25. The molecule has 0 aliphatic rings. The SMILES string of the molecule is Cc1ccc(C)c(N(CC(=O)NCc2ccccc2)S(=O)(=O)N(C)C)c1. The maximum Gasteiger partial charge on any atom is 0.304 e. The van der Waals surface area contributed by atoms with Crippen LogP contribution in [0.5, 0.6) is 0 Å². The van der Waals surface area contributed by atoms with Crippen LogP contribution in [0.1, 0.15) is 16.7 Å². The summed E-state index contributed by atoms with van der Waals surface area (Å²) in [6.45, 7) is 3.79. The molecule has 7 heteroatoms. The average molecular weight is 375 g/mol. The van der Waals surface area contributed by atoms with Gasteiger partial charge < -0.3 is 5.32 Å². The summed E-state index contributed by atoms with van der Waals surface area (Å²) in [5, 5.41) is 2.78. The fraction of sp³-hybridized carbons (Fsp3) is 0.316. The van der Waals surface area contributed by atoms with Crippen molar-refractivity contribution in [3.63, 3.8) is 0 Å². The van der Waals surface area contributed by atoms with Gasteiger partial charge >= 0.3 is 10.2 Å². The van der Waals surface area contributed by atoms with Gasteiger partial charge in [-0.05, 0) is 36.6 Å². The zero-order valence-electron chi connectivity index (χ0n) is 15.6. The summed E-state index contributed by atoms with van der Waals surface area (Å²) < 4.78 is 27.8. The second-order valence-corrected chi connectivity index (χ2v) is 8.42. The predicted molar refractivity (Wildman–Crippen MR) is 104 cm³/mol. The normalized spacial score (nSPS) is 11.4. The Kier molecular flexibility index (Phi) is 6.39. The van der Waals surface area contributed by atoms with E-state index in [1.165, 1.54) is 14.1 Å². The molecule has 140 valence electrons. The van der Waals surface area contributed by atoms with Crippen LogP contribution < -0.4 is 9.62 Å². The van der Waals surface area contributed by atoms with Crippen molar-refractivity contribution in [2.75, 3.05) is 24.9 Å². The predicted octanol–water partition coefficient (Wildman–Crippen LogP) is 2.23. The van der Waals surface area contributed by atoms with E-state index < -0.39 is 10.2 Å². The lowest BCUT2D eigenvalue weighted by atomic mass is 10.1. The Bertz CT molecular complexity index is 865. The molecular weight excluding hydrogens is 350 g/mol. The minimum absolute atomic E-state index is 0.280. The number of hydrogen-bond donors (Lipinski definition) is 1. The van der Waals surface area contributed by atoms with Gasteiger partial charge in [0.25, 0.3) is 0 Å². The molecule has 6 nitrogen and oxygen atoms in total. The molecule has 2 rings (SSSR count). The maximum atomic E-state index is 12.8. The molecule has 0 atom stereocenters. The first kappa shape index (κ1) is 19.9. The molecule has 0 saturated carbocycles. The molecule has 0 bridgehead atoms. The molecular formula is C19H25N3O3S. The van der Waals surface area contributed by atoms with Crippen LogP contribution >= 0.6 is 0 Å². The maximum absolute atomic E-state index is 12.8. The van der Waals surface area contributed by atoms with Gasteiger partial charge in [-0.1, -0.05) is 42.5 Å². The first-order valence-electron chi connectivity index (χ1n) is 8.30. The summed E-state index contributed by atoms with van der Waals surface area (Å²) in [6.07, 6.45) is 0. The molecule has 0 aliphatic carbocycles. The van der Waals surface area contributed by atoms with E-state index in [9.17, 15) is 13.2 Å². The second kappa shape index (κ2) is 8.33.